The van der Waals surface area contributed by atoms with Crippen LogP contribution in [0.4, 0.5) is 4.79 Å². The molecule has 6 heteroatoms. The van der Waals surface area contributed by atoms with E-state index >= 15 is 0 Å². The van der Waals surface area contributed by atoms with Gasteiger partial charge in [-0.3, -0.25) is 4.79 Å². The quantitative estimate of drug-likeness (QED) is 0.846. The fourth-order valence-electron chi connectivity index (χ4n) is 4.23. The van der Waals surface area contributed by atoms with E-state index < -0.39 is 6.04 Å². The minimum Gasteiger partial charge on any atom is -0.338 e. The van der Waals surface area contributed by atoms with Crippen LogP contribution in [0.25, 0.3) is 0 Å². The first-order chi connectivity index (χ1) is 13.4. The molecule has 2 saturated heterocycles. The fourth-order valence-corrected chi connectivity index (χ4v) is 4.23. The molecule has 0 bridgehead atoms. The molecule has 0 aliphatic carbocycles. The molecule has 1 atom stereocenters. The van der Waals surface area contributed by atoms with Crippen molar-refractivity contribution in [1.29, 1.82) is 0 Å². The summed E-state index contributed by atoms with van der Waals surface area (Å²) in [7, 11) is 2.16. The molecule has 0 saturated carbocycles. The second kappa shape index (κ2) is 9.41. The standard InChI is InChI=1S/C22H34N4O2/c1-17-5-4-6-20(15-17)16-25-13-14-26(18(2)21(25)27)22(28)23-10-7-19-8-11-24(3)12-9-19/h4-6,15,18-19H,7-14,16H2,1-3H3,(H,23,28)/t18-/m0/s1. The summed E-state index contributed by atoms with van der Waals surface area (Å²) in [5, 5.41) is 3.04. The lowest BCUT2D eigenvalue weighted by Crippen LogP contribution is -2.59. The molecule has 28 heavy (non-hydrogen) atoms. The van der Waals surface area contributed by atoms with Crippen LogP contribution in [0.2, 0.25) is 0 Å². The van der Waals surface area contributed by atoms with Gasteiger partial charge in [0, 0.05) is 26.2 Å². The number of carbonyl (C=O) groups is 2. The van der Waals surface area contributed by atoms with E-state index in [1.54, 1.807) is 4.90 Å². The highest BCUT2D eigenvalue weighted by Crippen LogP contribution is 2.19. The summed E-state index contributed by atoms with van der Waals surface area (Å²) in [5.41, 5.74) is 2.33. The number of nitrogens with zero attached hydrogens (tertiary/aromatic N) is 3. The molecule has 3 amide bonds. The van der Waals surface area contributed by atoms with Crippen molar-refractivity contribution >= 4 is 11.9 Å². The maximum absolute atomic E-state index is 12.8. The number of piperazine rings is 1. The van der Waals surface area contributed by atoms with E-state index in [1.165, 1.54) is 18.4 Å². The number of benzene rings is 1. The number of hydrogen-bond acceptors (Lipinski definition) is 3. The zero-order valence-corrected chi connectivity index (χ0v) is 17.5. The first kappa shape index (κ1) is 20.6. The molecule has 0 radical (unpaired) electrons. The van der Waals surface area contributed by atoms with Gasteiger partial charge in [-0.15, -0.1) is 0 Å². The van der Waals surface area contributed by atoms with Gasteiger partial charge < -0.3 is 20.0 Å². The van der Waals surface area contributed by atoms with Gasteiger partial charge in [-0.05, 0) is 64.7 Å². The normalized spacial score (nSPS) is 21.8. The highest BCUT2D eigenvalue weighted by Gasteiger charge is 2.34. The van der Waals surface area contributed by atoms with Crippen molar-refractivity contribution in [2.24, 2.45) is 5.92 Å². The Morgan fingerprint density at radius 1 is 1.18 bits per heavy atom. The number of urea groups is 1. The number of carbonyl (C=O) groups excluding carboxylic acids is 2. The summed E-state index contributed by atoms with van der Waals surface area (Å²) in [6, 6.07) is 7.72. The Labute approximate surface area is 168 Å². The molecule has 2 aliphatic rings. The molecule has 1 N–H and O–H groups in total. The molecule has 0 spiro atoms. The van der Waals surface area contributed by atoms with Crippen molar-refractivity contribution in [2.75, 3.05) is 39.8 Å². The summed E-state index contributed by atoms with van der Waals surface area (Å²) in [4.78, 5) is 31.3. The number of likely N-dealkylation sites (tertiary alicyclic amines) is 1. The highest BCUT2D eigenvalue weighted by atomic mass is 16.2. The lowest BCUT2D eigenvalue weighted by atomic mass is 9.94. The van der Waals surface area contributed by atoms with Crippen LogP contribution >= 0.6 is 0 Å². The van der Waals surface area contributed by atoms with E-state index in [-0.39, 0.29) is 11.9 Å². The van der Waals surface area contributed by atoms with Crippen molar-refractivity contribution in [1.82, 2.24) is 20.0 Å². The van der Waals surface area contributed by atoms with E-state index in [4.69, 9.17) is 0 Å². The zero-order valence-electron chi connectivity index (χ0n) is 17.5. The summed E-state index contributed by atoms with van der Waals surface area (Å²) in [5.74, 6) is 0.722. The molecule has 1 aromatic rings. The smallest absolute Gasteiger partial charge is 0.318 e. The van der Waals surface area contributed by atoms with Gasteiger partial charge in [0.25, 0.3) is 0 Å². The minimum atomic E-state index is -0.415. The summed E-state index contributed by atoms with van der Waals surface area (Å²) in [6.45, 7) is 8.65. The van der Waals surface area contributed by atoms with Crippen molar-refractivity contribution in [3.8, 4) is 0 Å². The van der Waals surface area contributed by atoms with Crippen LogP contribution in [0.1, 0.15) is 37.3 Å². The van der Waals surface area contributed by atoms with Crippen LogP contribution in [0.15, 0.2) is 24.3 Å². The number of nitrogens with one attached hydrogen (secondary N) is 1. The molecule has 154 valence electrons. The molecule has 1 aromatic carbocycles. The van der Waals surface area contributed by atoms with Gasteiger partial charge >= 0.3 is 6.03 Å². The number of aryl methyl sites for hydroxylation is 1. The van der Waals surface area contributed by atoms with Gasteiger partial charge in [-0.1, -0.05) is 29.8 Å². The Morgan fingerprint density at radius 3 is 2.64 bits per heavy atom. The predicted molar refractivity (Wildman–Crippen MR) is 111 cm³/mol. The van der Waals surface area contributed by atoms with E-state index in [9.17, 15) is 9.59 Å². The maximum Gasteiger partial charge on any atom is 0.318 e. The van der Waals surface area contributed by atoms with Crippen LogP contribution in [-0.2, 0) is 11.3 Å². The predicted octanol–water partition coefficient (Wildman–Crippen LogP) is 2.47. The Morgan fingerprint density at radius 2 is 1.93 bits per heavy atom. The number of rotatable bonds is 5. The van der Waals surface area contributed by atoms with E-state index in [0.29, 0.717) is 32.1 Å². The van der Waals surface area contributed by atoms with Crippen molar-refractivity contribution in [3.63, 3.8) is 0 Å². The average molecular weight is 387 g/mol. The average Bonchev–Trinajstić information content (AvgIpc) is 2.67. The SMILES string of the molecule is Cc1cccc(CN2CCN(C(=O)NCCC3CCN(C)CC3)[C@@H](C)C2=O)c1. The third-order valence-electron chi connectivity index (χ3n) is 6.13. The van der Waals surface area contributed by atoms with E-state index in [0.717, 1.165) is 25.1 Å². The van der Waals surface area contributed by atoms with Gasteiger partial charge in [0.05, 0.1) is 0 Å². The van der Waals surface area contributed by atoms with Crippen LogP contribution in [0.5, 0.6) is 0 Å². The van der Waals surface area contributed by atoms with Crippen LogP contribution in [-0.4, -0.2) is 72.5 Å². The highest BCUT2D eigenvalue weighted by molar-refractivity contribution is 5.88. The monoisotopic (exact) mass is 386 g/mol. The van der Waals surface area contributed by atoms with Gasteiger partial charge in [0.15, 0.2) is 0 Å². The number of hydrogen-bond donors (Lipinski definition) is 1. The third kappa shape index (κ3) is 5.25. The van der Waals surface area contributed by atoms with Gasteiger partial charge in [0.1, 0.15) is 6.04 Å². The molecular formula is C22H34N4O2. The molecule has 2 heterocycles. The van der Waals surface area contributed by atoms with Crippen molar-refractivity contribution in [2.45, 2.75) is 45.7 Å². The Bertz CT molecular complexity index is 685. The van der Waals surface area contributed by atoms with E-state index in [1.807, 2.05) is 24.0 Å². The second-order valence-corrected chi connectivity index (χ2v) is 8.39. The molecule has 2 aliphatic heterocycles. The molecule has 0 unspecified atom stereocenters. The zero-order chi connectivity index (χ0) is 20.1. The number of piperidine rings is 1. The van der Waals surface area contributed by atoms with E-state index in [2.05, 4.69) is 36.3 Å². The summed E-state index contributed by atoms with van der Waals surface area (Å²) in [6.07, 6.45) is 3.44. The lowest BCUT2D eigenvalue weighted by molar-refractivity contribution is -0.139. The fraction of sp³-hybridized carbons (Fsp3) is 0.636. The number of amides is 3. The Balaban J connectivity index is 1.45. The largest absolute Gasteiger partial charge is 0.338 e. The molecule has 3 rings (SSSR count). The van der Waals surface area contributed by atoms with Crippen LogP contribution < -0.4 is 5.32 Å². The first-order valence-electron chi connectivity index (χ1n) is 10.5. The molecular weight excluding hydrogens is 352 g/mol. The van der Waals surface area contributed by atoms with Crippen LogP contribution in [0.3, 0.4) is 0 Å². The Hall–Kier alpha value is -2.08. The molecule has 2 fully saturated rings. The van der Waals surface area contributed by atoms with Gasteiger partial charge in [0.2, 0.25) is 5.91 Å². The first-order valence-corrected chi connectivity index (χ1v) is 10.5. The van der Waals surface area contributed by atoms with Crippen molar-refractivity contribution < 1.29 is 9.59 Å². The summed E-state index contributed by atoms with van der Waals surface area (Å²) >= 11 is 0. The minimum absolute atomic E-state index is 0.0261. The third-order valence-corrected chi connectivity index (χ3v) is 6.13. The van der Waals surface area contributed by atoms with Crippen molar-refractivity contribution in [3.05, 3.63) is 35.4 Å². The van der Waals surface area contributed by atoms with Gasteiger partial charge in [-0.2, -0.15) is 0 Å². The van der Waals surface area contributed by atoms with Crippen LogP contribution in [0, 0.1) is 12.8 Å². The summed E-state index contributed by atoms with van der Waals surface area (Å²) < 4.78 is 0. The second-order valence-electron chi connectivity index (χ2n) is 8.39. The lowest BCUT2D eigenvalue weighted by Gasteiger charge is -2.39. The topological polar surface area (TPSA) is 55.9 Å². The molecule has 6 nitrogen and oxygen atoms in total. The molecule has 0 aromatic heterocycles. The maximum atomic E-state index is 12.8. The van der Waals surface area contributed by atoms with Gasteiger partial charge in [-0.25, -0.2) is 4.79 Å². The Kier molecular flexibility index (Phi) is 6.94.